The molecule has 0 saturated carbocycles. The third kappa shape index (κ3) is 2.05. The highest BCUT2D eigenvalue weighted by Crippen LogP contribution is 2.33. The van der Waals surface area contributed by atoms with Crippen molar-refractivity contribution in [1.29, 1.82) is 0 Å². The van der Waals surface area contributed by atoms with E-state index in [2.05, 4.69) is 5.32 Å². The highest BCUT2D eigenvalue weighted by atomic mass is 35.5. The number of nitrogens with one attached hydrogen (secondary N) is 1. The topological polar surface area (TPSA) is 25.2 Å². The van der Waals surface area contributed by atoms with E-state index >= 15 is 0 Å². The van der Waals surface area contributed by atoms with Crippen molar-refractivity contribution >= 4 is 22.6 Å². The molecule has 0 bridgehead atoms. The molecule has 0 fully saturated rings. The summed E-state index contributed by atoms with van der Waals surface area (Å²) in [5, 5.41) is 3.80. The number of likely N-dealkylation sites (N-methyl/N-ethyl adjacent to an activating group) is 1. The summed E-state index contributed by atoms with van der Waals surface area (Å²) in [4.78, 5) is 0. The Kier molecular flexibility index (Phi) is 3.40. The van der Waals surface area contributed by atoms with Gasteiger partial charge in [-0.25, -0.2) is 4.39 Å². The first kappa shape index (κ1) is 12.4. The van der Waals surface area contributed by atoms with Crippen LogP contribution in [0.25, 0.3) is 11.0 Å². The van der Waals surface area contributed by atoms with Crippen LogP contribution in [-0.2, 0) is 5.67 Å². The van der Waals surface area contributed by atoms with E-state index < -0.39 is 5.67 Å². The molecule has 2 nitrogen and oxygen atoms in total. The molecule has 0 aliphatic heterocycles. The van der Waals surface area contributed by atoms with Crippen molar-refractivity contribution in [3.8, 4) is 0 Å². The minimum Gasteiger partial charge on any atom is -0.464 e. The lowest BCUT2D eigenvalue weighted by Crippen LogP contribution is -2.43. The molecule has 17 heavy (non-hydrogen) atoms. The minimum atomic E-state index is -1.58. The van der Waals surface area contributed by atoms with Gasteiger partial charge in [0.2, 0.25) is 0 Å². The van der Waals surface area contributed by atoms with E-state index in [0.717, 1.165) is 11.0 Å². The van der Waals surface area contributed by atoms with Crippen molar-refractivity contribution in [2.24, 2.45) is 0 Å². The van der Waals surface area contributed by atoms with Gasteiger partial charge >= 0.3 is 0 Å². The summed E-state index contributed by atoms with van der Waals surface area (Å²) in [6, 6.07) is 6.74. The third-order valence-corrected chi connectivity index (χ3v) is 3.64. The predicted octanol–water partition coefficient (Wildman–Crippen LogP) is 3.44. The van der Waals surface area contributed by atoms with Crippen LogP contribution in [0.4, 0.5) is 4.39 Å². The fourth-order valence-corrected chi connectivity index (χ4v) is 2.28. The average molecular weight is 256 g/mol. The zero-order valence-corrected chi connectivity index (χ0v) is 10.6. The number of halogens is 2. The summed E-state index contributed by atoms with van der Waals surface area (Å²) in [5.41, 5.74) is -0.257. The van der Waals surface area contributed by atoms with Gasteiger partial charge in [-0.3, -0.25) is 0 Å². The van der Waals surface area contributed by atoms with Gasteiger partial charge in [0.25, 0.3) is 0 Å². The van der Waals surface area contributed by atoms with Crippen LogP contribution in [0.15, 0.2) is 34.9 Å². The van der Waals surface area contributed by atoms with Crippen molar-refractivity contribution in [1.82, 2.24) is 5.32 Å². The lowest BCUT2D eigenvalue weighted by atomic mass is 9.90. The molecule has 1 aromatic carbocycles. The van der Waals surface area contributed by atoms with E-state index in [9.17, 15) is 4.39 Å². The molecule has 0 radical (unpaired) electrons. The molecule has 2 aromatic rings. The van der Waals surface area contributed by atoms with Crippen LogP contribution < -0.4 is 5.32 Å². The first-order valence-electron chi connectivity index (χ1n) is 5.51. The van der Waals surface area contributed by atoms with Gasteiger partial charge in [-0.2, -0.15) is 0 Å². The monoisotopic (exact) mass is 255 g/mol. The van der Waals surface area contributed by atoms with Gasteiger partial charge < -0.3 is 9.73 Å². The van der Waals surface area contributed by atoms with Gasteiger partial charge in [-0.05, 0) is 37.7 Å². The maximum Gasteiger partial charge on any atom is 0.164 e. The maximum atomic E-state index is 14.9. The van der Waals surface area contributed by atoms with E-state index in [1.807, 2.05) is 6.07 Å². The maximum absolute atomic E-state index is 14.9. The Morgan fingerprint density at radius 3 is 2.88 bits per heavy atom. The Morgan fingerprint density at radius 2 is 2.24 bits per heavy atom. The quantitative estimate of drug-likeness (QED) is 0.847. The Hall–Kier alpha value is -1.06. The molecule has 2 rings (SSSR count). The molecule has 0 saturated heterocycles. The summed E-state index contributed by atoms with van der Waals surface area (Å²) in [6.07, 6.45) is 1.59. The molecule has 0 aliphatic carbocycles. The standard InChI is InChI=1S/C13H15ClFNO/c1-9(16-2)13(15,8-14)11-3-4-12-10(7-11)5-6-17-12/h3-7,9,16H,8H2,1-2H3. The normalized spacial score (nSPS) is 16.9. The number of hydrogen-bond donors (Lipinski definition) is 1. The molecule has 1 heterocycles. The van der Waals surface area contributed by atoms with Crippen LogP contribution in [0.3, 0.4) is 0 Å². The predicted molar refractivity (Wildman–Crippen MR) is 68.2 cm³/mol. The molecule has 1 N–H and O–H groups in total. The van der Waals surface area contributed by atoms with Crippen LogP contribution in [0.5, 0.6) is 0 Å². The molecule has 0 amide bonds. The lowest BCUT2D eigenvalue weighted by molar-refractivity contribution is 0.145. The molecule has 2 unspecified atom stereocenters. The second-order valence-corrected chi connectivity index (χ2v) is 4.45. The van der Waals surface area contributed by atoms with E-state index in [4.69, 9.17) is 16.0 Å². The largest absolute Gasteiger partial charge is 0.464 e. The van der Waals surface area contributed by atoms with Crippen LogP contribution in [0, 0.1) is 0 Å². The Morgan fingerprint density at radius 1 is 1.47 bits per heavy atom. The van der Waals surface area contributed by atoms with Crippen LogP contribution in [0.2, 0.25) is 0 Å². The van der Waals surface area contributed by atoms with E-state index in [1.165, 1.54) is 0 Å². The first-order chi connectivity index (χ1) is 8.11. The highest BCUT2D eigenvalue weighted by Gasteiger charge is 2.37. The third-order valence-electron chi connectivity index (χ3n) is 3.25. The highest BCUT2D eigenvalue weighted by molar-refractivity contribution is 6.18. The number of fused-ring (bicyclic) bond motifs is 1. The molecule has 2 atom stereocenters. The van der Waals surface area contributed by atoms with Crippen LogP contribution in [-0.4, -0.2) is 19.0 Å². The van der Waals surface area contributed by atoms with Crippen LogP contribution in [0.1, 0.15) is 12.5 Å². The SMILES string of the molecule is CNC(C)C(F)(CCl)c1ccc2occc2c1. The summed E-state index contributed by atoms with van der Waals surface area (Å²) < 4.78 is 20.1. The second-order valence-electron chi connectivity index (χ2n) is 4.18. The van der Waals surface area contributed by atoms with Crippen molar-refractivity contribution in [2.75, 3.05) is 12.9 Å². The minimum absolute atomic E-state index is 0.0850. The smallest absolute Gasteiger partial charge is 0.164 e. The van der Waals surface area contributed by atoms with Gasteiger partial charge in [0.1, 0.15) is 5.58 Å². The van der Waals surface area contributed by atoms with Crippen molar-refractivity contribution in [3.63, 3.8) is 0 Å². The summed E-state index contributed by atoms with van der Waals surface area (Å²) in [7, 11) is 1.72. The van der Waals surface area contributed by atoms with Crippen LogP contribution >= 0.6 is 11.6 Å². The van der Waals surface area contributed by atoms with E-state index in [0.29, 0.717) is 5.56 Å². The van der Waals surface area contributed by atoms with Gasteiger partial charge in [0.05, 0.1) is 12.1 Å². The van der Waals surface area contributed by atoms with Gasteiger partial charge in [0, 0.05) is 11.4 Å². The average Bonchev–Trinajstić information content (AvgIpc) is 2.83. The fraction of sp³-hybridized carbons (Fsp3) is 0.385. The van der Waals surface area contributed by atoms with Crippen molar-refractivity contribution in [3.05, 3.63) is 36.1 Å². The molecule has 4 heteroatoms. The van der Waals surface area contributed by atoms with E-state index in [-0.39, 0.29) is 11.9 Å². The fourth-order valence-electron chi connectivity index (χ4n) is 1.90. The Labute approximate surface area is 105 Å². The summed E-state index contributed by atoms with van der Waals surface area (Å²) in [5.74, 6) is -0.0850. The number of furan rings is 1. The second kappa shape index (κ2) is 4.67. The first-order valence-corrected chi connectivity index (χ1v) is 6.05. The molecule has 0 spiro atoms. The van der Waals surface area contributed by atoms with Crippen molar-refractivity contribution < 1.29 is 8.81 Å². The van der Waals surface area contributed by atoms with Gasteiger partial charge in [0.15, 0.2) is 5.67 Å². The Balaban J connectivity index is 2.48. The zero-order chi connectivity index (χ0) is 12.5. The zero-order valence-electron chi connectivity index (χ0n) is 9.84. The lowest BCUT2D eigenvalue weighted by Gasteiger charge is -2.29. The molecule has 1 aromatic heterocycles. The number of benzene rings is 1. The summed E-state index contributed by atoms with van der Waals surface area (Å²) in [6.45, 7) is 1.78. The Bertz CT molecular complexity index is 513. The number of hydrogen-bond acceptors (Lipinski definition) is 2. The molecule has 92 valence electrons. The van der Waals surface area contributed by atoms with Gasteiger partial charge in [-0.15, -0.1) is 11.6 Å². The van der Waals surface area contributed by atoms with Gasteiger partial charge in [-0.1, -0.05) is 6.07 Å². The number of alkyl halides is 2. The molecular weight excluding hydrogens is 241 g/mol. The number of rotatable bonds is 4. The molecular formula is C13H15ClFNO. The van der Waals surface area contributed by atoms with E-state index in [1.54, 1.807) is 38.4 Å². The van der Waals surface area contributed by atoms with Crippen molar-refractivity contribution in [2.45, 2.75) is 18.6 Å². The summed E-state index contributed by atoms with van der Waals surface area (Å²) >= 11 is 5.80. The molecule has 0 aliphatic rings.